The summed E-state index contributed by atoms with van der Waals surface area (Å²) in [6.45, 7) is 4.67. The first-order valence-corrected chi connectivity index (χ1v) is 51.2. The van der Waals surface area contributed by atoms with E-state index in [1.165, 1.54) is 140 Å². The first-order chi connectivity index (χ1) is 72.6. The zero-order valence-corrected chi connectivity index (χ0v) is 81.5. The second-order valence-electron chi connectivity index (χ2n) is 38.1. The Hall–Kier alpha value is -18.8. The molecule has 0 radical (unpaired) electrons. The van der Waals surface area contributed by atoms with Gasteiger partial charge < -0.3 is 8.98 Å². The number of aromatic nitrogens is 10. The van der Waals surface area contributed by atoms with E-state index in [0.717, 1.165) is 111 Å². The predicted molar refractivity (Wildman–Crippen MR) is 612 cm³/mol. The fourth-order valence-electron chi connectivity index (χ4n) is 22.2. The van der Waals surface area contributed by atoms with Gasteiger partial charge in [0.15, 0.2) is 17.5 Å². The lowest BCUT2D eigenvalue weighted by Crippen LogP contribution is -2.14. The van der Waals surface area contributed by atoms with Crippen LogP contribution in [0.3, 0.4) is 0 Å². The molecule has 0 fully saturated rings. The maximum absolute atomic E-state index is 6.39. The van der Waals surface area contributed by atoms with Gasteiger partial charge >= 0.3 is 0 Å². The summed E-state index contributed by atoms with van der Waals surface area (Å²) in [7, 11) is 0. The second kappa shape index (κ2) is 35.4. The van der Waals surface area contributed by atoms with E-state index in [2.05, 4.69) is 410 Å². The molecular weight excluding hydrogens is 1830 g/mol. The molecule has 11 nitrogen and oxygen atoms in total. The molecule has 690 valence electrons. The molecule has 0 spiro atoms. The Morgan fingerprint density at radius 2 is 0.626 bits per heavy atom. The summed E-state index contributed by atoms with van der Waals surface area (Å²) in [4.78, 5) is 34.8. The molecule has 0 N–H and O–H groups in total. The lowest BCUT2D eigenvalue weighted by molar-refractivity contribution is 0.660. The summed E-state index contributed by atoms with van der Waals surface area (Å²) < 4.78 is 18.4. The van der Waals surface area contributed by atoms with Crippen LogP contribution in [0.1, 0.15) is 25.0 Å². The number of benzene rings is 20. The third-order valence-electron chi connectivity index (χ3n) is 29.3. The molecule has 0 aliphatic heterocycles. The molecule has 0 bridgehead atoms. The van der Waals surface area contributed by atoms with Crippen LogP contribution in [0.25, 0.3) is 269 Å². The van der Waals surface area contributed by atoms with Gasteiger partial charge in [-0.3, -0.25) is 9.13 Å². The molecule has 9 heterocycles. The van der Waals surface area contributed by atoms with Gasteiger partial charge in [0.2, 0.25) is 11.9 Å². The van der Waals surface area contributed by atoms with E-state index in [4.69, 9.17) is 39.3 Å². The minimum Gasteiger partial charge on any atom is -0.455 e. The summed E-state index contributed by atoms with van der Waals surface area (Å²) in [6, 6.07) is 168. The van der Waals surface area contributed by atoms with Crippen LogP contribution in [-0.4, -0.2) is 48.6 Å². The number of nitrogens with zero attached hydrogens (tertiary/aromatic N) is 10. The van der Waals surface area contributed by atoms with Crippen molar-refractivity contribution in [2.75, 3.05) is 0 Å². The molecule has 0 saturated carbocycles. The van der Waals surface area contributed by atoms with Crippen molar-refractivity contribution in [3.8, 4) is 141 Å². The first kappa shape index (κ1) is 86.1. The average Bonchev–Trinajstić information content (AvgIpc) is 1.59. The van der Waals surface area contributed by atoms with Crippen molar-refractivity contribution >= 4 is 150 Å². The third-order valence-corrected chi connectivity index (χ3v) is 31.7. The Balaban J connectivity index is 0.000000107. The largest absolute Gasteiger partial charge is 0.455 e. The van der Waals surface area contributed by atoms with Crippen LogP contribution in [0.5, 0.6) is 0 Å². The van der Waals surface area contributed by atoms with Crippen molar-refractivity contribution in [3.05, 3.63) is 497 Å². The fraction of sp³-hybridized carbons (Fsp3) is 0.0224. The minimum atomic E-state index is -0.0455. The van der Waals surface area contributed by atoms with Gasteiger partial charge in [-0.05, 0) is 182 Å². The number of para-hydroxylation sites is 5. The molecule has 29 aromatic rings. The third kappa shape index (κ3) is 14.9. The lowest BCUT2D eigenvalue weighted by atomic mass is 9.81. The molecule has 13 heteroatoms. The predicted octanol–water partition coefficient (Wildman–Crippen LogP) is 35.7. The number of hydrogen-bond donors (Lipinski definition) is 0. The molecular formula is C134H86N10OS2. The number of furan rings is 1. The van der Waals surface area contributed by atoms with Gasteiger partial charge in [0.05, 0.1) is 44.5 Å². The maximum Gasteiger partial charge on any atom is 0.238 e. The molecule has 0 atom stereocenters. The summed E-state index contributed by atoms with van der Waals surface area (Å²) in [5, 5.41) is 14.6. The molecule has 0 unspecified atom stereocenters. The Morgan fingerprint density at radius 1 is 0.218 bits per heavy atom. The van der Waals surface area contributed by atoms with Crippen molar-refractivity contribution in [1.82, 2.24) is 48.6 Å². The van der Waals surface area contributed by atoms with Gasteiger partial charge in [0, 0.05) is 140 Å². The maximum atomic E-state index is 6.39. The number of rotatable bonds is 13. The molecule has 30 rings (SSSR count). The van der Waals surface area contributed by atoms with Gasteiger partial charge in [-0.2, -0.15) is 9.97 Å². The Bertz CT molecular complexity index is 10300. The van der Waals surface area contributed by atoms with E-state index in [1.54, 1.807) is 0 Å². The summed E-state index contributed by atoms with van der Waals surface area (Å²) in [6.07, 6.45) is 3.74. The topological polar surface area (TPSA) is 118 Å². The number of hydrogen-bond acceptors (Lipinski definition) is 10. The highest BCUT2D eigenvalue weighted by atomic mass is 32.1. The standard InChI is InChI=1S/C49H33N3S.C46H29N3S.C39H24N4O/c1-49(2)41-18-6-3-13-35(41)36-23-21-31(29-42(36)49)30-11-9-12-33(27-30)43-25-26-50-48(51-43)52-44-19-7-4-14-37(44)40-28-32(22-24-45(40)52)34-16-10-17-39-38-15-5-8-20-46(38)53-47(34)39;1-2-10-30(11-3-1)31-20-22-32(23-21-31)41-26-27-47-46(48-41)34-12-8-13-35(28-34)49-42-18-6-4-14-37(42)40-29-33(24-25-43(40)49)36-16-9-17-39-38-15-5-7-19-44(38)50-45(36)39;1-3-12-25(13-4-1)37-40-38(26-14-5-2-6-15-26)42-39(41-37)43-33-20-9-7-16-29(33)32-24-27(22-23-34(32)43)28-18-11-19-31-30-17-8-10-21-35(30)44-36(28)31/h3-29H,1-2H3;1-29H;1-24H. The highest BCUT2D eigenvalue weighted by Gasteiger charge is 2.36. The van der Waals surface area contributed by atoms with Gasteiger partial charge in [0.25, 0.3) is 0 Å². The van der Waals surface area contributed by atoms with Crippen LogP contribution in [0.4, 0.5) is 0 Å². The summed E-state index contributed by atoms with van der Waals surface area (Å²) >= 11 is 3.75. The SMILES string of the molecule is CC1(C)c2ccccc2-c2ccc(-c3cccc(-c4ccnc(-n5c6ccccc6c6cc(-c7cccc8c7sc7ccccc78)ccc65)n4)c3)cc21.c1ccc(-c2ccc(-c3ccnc(-c4cccc(-n5c6ccccc6c6cc(-c7cccc8c7sc7ccccc78)ccc65)c4)n3)cc2)cc1.c1ccc(-c2nc(-c3ccccc3)nc(-n3c4ccccc4c4cc(-c5cccc6c5oc5ccccc56)ccc43)n2)cc1. The smallest absolute Gasteiger partial charge is 0.238 e. The van der Waals surface area contributed by atoms with E-state index < -0.39 is 0 Å². The molecule has 9 aromatic heterocycles. The van der Waals surface area contributed by atoms with Crippen molar-refractivity contribution in [2.45, 2.75) is 19.3 Å². The first-order valence-electron chi connectivity index (χ1n) is 49.6. The summed E-state index contributed by atoms with van der Waals surface area (Å²) in [5.41, 5.74) is 33.5. The van der Waals surface area contributed by atoms with Crippen LogP contribution in [0, 0.1) is 0 Å². The highest BCUT2D eigenvalue weighted by Crippen LogP contribution is 2.52. The van der Waals surface area contributed by atoms with Crippen molar-refractivity contribution in [3.63, 3.8) is 0 Å². The van der Waals surface area contributed by atoms with E-state index in [9.17, 15) is 0 Å². The van der Waals surface area contributed by atoms with Gasteiger partial charge in [-0.25, -0.2) is 24.9 Å². The lowest BCUT2D eigenvalue weighted by Gasteiger charge is -2.22. The van der Waals surface area contributed by atoms with Crippen molar-refractivity contribution in [2.24, 2.45) is 0 Å². The van der Waals surface area contributed by atoms with E-state index >= 15 is 0 Å². The Kier molecular flexibility index (Phi) is 20.7. The zero-order chi connectivity index (χ0) is 97.3. The molecule has 147 heavy (non-hydrogen) atoms. The van der Waals surface area contributed by atoms with Crippen LogP contribution in [0.15, 0.2) is 490 Å². The fourth-order valence-corrected chi connectivity index (χ4v) is 24.7. The summed E-state index contributed by atoms with van der Waals surface area (Å²) in [5.74, 6) is 3.21. The van der Waals surface area contributed by atoms with Gasteiger partial charge in [0.1, 0.15) is 11.2 Å². The molecule has 20 aromatic carbocycles. The second-order valence-corrected chi connectivity index (χ2v) is 40.2. The van der Waals surface area contributed by atoms with Crippen LogP contribution in [-0.2, 0) is 5.41 Å². The molecule has 0 amide bonds. The Morgan fingerprint density at radius 3 is 1.24 bits per heavy atom. The van der Waals surface area contributed by atoms with Gasteiger partial charge in [-0.15, -0.1) is 22.7 Å². The van der Waals surface area contributed by atoms with E-state index in [-0.39, 0.29) is 5.41 Å². The zero-order valence-electron chi connectivity index (χ0n) is 79.9. The van der Waals surface area contributed by atoms with Crippen molar-refractivity contribution < 1.29 is 4.42 Å². The van der Waals surface area contributed by atoms with Crippen molar-refractivity contribution in [1.29, 1.82) is 0 Å². The normalized spacial score (nSPS) is 12.2. The molecule has 1 aliphatic rings. The van der Waals surface area contributed by atoms with Crippen LogP contribution in [0.2, 0.25) is 0 Å². The van der Waals surface area contributed by atoms with Crippen LogP contribution < -0.4 is 0 Å². The van der Waals surface area contributed by atoms with Gasteiger partial charge in [-0.1, -0.05) is 378 Å². The molecule has 0 saturated heterocycles. The Labute approximate surface area is 853 Å². The van der Waals surface area contributed by atoms with Crippen LogP contribution >= 0.6 is 22.7 Å². The average molecular weight is 1920 g/mol. The monoisotopic (exact) mass is 1910 g/mol. The highest BCUT2D eigenvalue weighted by molar-refractivity contribution is 7.26. The molecule has 1 aliphatic carbocycles. The number of thiophene rings is 2. The quantitative estimate of drug-likeness (QED) is 0.112. The number of fused-ring (bicyclic) bond motifs is 21. The van der Waals surface area contributed by atoms with E-state index in [1.807, 2.05) is 126 Å². The minimum absolute atomic E-state index is 0.0455. The van der Waals surface area contributed by atoms with E-state index in [0.29, 0.717) is 29.4 Å².